The number of hydrogen-bond donors (Lipinski definition) is 3. The minimum Gasteiger partial charge on any atom is -0.473 e. The smallest absolute Gasteiger partial charge is 0.414 e. The fourth-order valence-corrected chi connectivity index (χ4v) is 3.20. The van der Waals surface area contributed by atoms with Crippen molar-refractivity contribution in [1.82, 2.24) is 9.88 Å². The van der Waals surface area contributed by atoms with E-state index < -0.39 is 11.9 Å². The lowest BCUT2D eigenvalue weighted by Crippen LogP contribution is -2.28. The summed E-state index contributed by atoms with van der Waals surface area (Å²) in [6.07, 6.45) is 6.60. The van der Waals surface area contributed by atoms with E-state index in [-0.39, 0.29) is 5.91 Å². The van der Waals surface area contributed by atoms with Gasteiger partial charge in [0.05, 0.1) is 12.2 Å². The molecule has 0 saturated heterocycles. The molecule has 0 aliphatic heterocycles. The fraction of sp³-hybridized carbons (Fsp3) is 0.529. The Bertz CT molecular complexity index is 656. The third-order valence-corrected chi connectivity index (χ3v) is 4.16. The number of aliphatic carboxylic acids is 2. The number of nitrogens with one attached hydrogen (secondary N) is 1. The van der Waals surface area contributed by atoms with Crippen LogP contribution < -0.4 is 5.32 Å². The van der Waals surface area contributed by atoms with Gasteiger partial charge in [-0.05, 0) is 63.7 Å². The molecule has 0 unspecified atom stereocenters. The van der Waals surface area contributed by atoms with Gasteiger partial charge in [0.2, 0.25) is 5.91 Å². The number of fused-ring (bicyclic) bond motifs is 2. The van der Waals surface area contributed by atoms with Crippen LogP contribution in [0, 0.1) is 0 Å². The number of hydrogen-bond acceptors (Lipinski definition) is 5. The number of carbonyl (C=O) groups is 3. The first kappa shape index (κ1) is 18.9. The molecule has 0 radical (unpaired) electrons. The lowest BCUT2D eigenvalue weighted by Gasteiger charge is -2.16. The minimum atomic E-state index is -1.82. The minimum absolute atomic E-state index is 0.0828. The van der Waals surface area contributed by atoms with Crippen LogP contribution in [0.15, 0.2) is 0 Å². The molecule has 1 amide bonds. The van der Waals surface area contributed by atoms with Crippen molar-refractivity contribution in [3.63, 3.8) is 0 Å². The molecule has 8 heteroatoms. The van der Waals surface area contributed by atoms with E-state index in [1.54, 1.807) is 0 Å². The standard InChI is InChI=1S/C15H21N3O.C2H2O4/c1-18(2)9-14(19)17-15-10-5-3-7-12(10)16-13-8-4-6-11(13)15;3-1(4)2(5)6/h3-9H2,1-2H3,(H,16,17,19);(H,3,4)(H,5,6). The average Bonchev–Trinajstić information content (AvgIpc) is 3.15. The predicted octanol–water partition coefficient (Wildman–Crippen LogP) is 0.715. The number of pyridine rings is 1. The van der Waals surface area contributed by atoms with Crippen molar-refractivity contribution >= 4 is 23.5 Å². The first-order chi connectivity index (χ1) is 11.8. The maximum absolute atomic E-state index is 12.0. The van der Waals surface area contributed by atoms with Crippen molar-refractivity contribution in [2.45, 2.75) is 38.5 Å². The number of amides is 1. The van der Waals surface area contributed by atoms with E-state index in [1.165, 1.54) is 35.4 Å². The van der Waals surface area contributed by atoms with Crippen molar-refractivity contribution < 1.29 is 24.6 Å². The number of aromatic nitrogens is 1. The highest BCUT2D eigenvalue weighted by molar-refractivity contribution is 6.27. The Morgan fingerprint density at radius 3 is 1.84 bits per heavy atom. The maximum Gasteiger partial charge on any atom is 0.414 e. The van der Waals surface area contributed by atoms with Gasteiger partial charge in [0.1, 0.15) is 0 Å². The molecular weight excluding hydrogens is 326 g/mol. The predicted molar refractivity (Wildman–Crippen MR) is 90.7 cm³/mol. The van der Waals surface area contributed by atoms with Crippen LogP contribution in [0.3, 0.4) is 0 Å². The Kier molecular flexibility index (Phi) is 6.08. The normalized spacial score (nSPS) is 14.4. The molecule has 0 saturated carbocycles. The first-order valence-corrected chi connectivity index (χ1v) is 8.24. The van der Waals surface area contributed by atoms with Gasteiger partial charge in [-0.3, -0.25) is 9.78 Å². The lowest BCUT2D eigenvalue weighted by atomic mass is 10.1. The molecule has 2 aliphatic rings. The molecule has 0 spiro atoms. The van der Waals surface area contributed by atoms with Gasteiger partial charge in [-0.2, -0.15) is 0 Å². The molecule has 25 heavy (non-hydrogen) atoms. The summed E-state index contributed by atoms with van der Waals surface area (Å²) in [5.74, 6) is -3.57. The van der Waals surface area contributed by atoms with E-state index in [4.69, 9.17) is 24.8 Å². The Balaban J connectivity index is 0.000000326. The summed E-state index contributed by atoms with van der Waals surface area (Å²) in [5, 5.41) is 17.9. The monoisotopic (exact) mass is 349 g/mol. The van der Waals surface area contributed by atoms with E-state index >= 15 is 0 Å². The van der Waals surface area contributed by atoms with Crippen LogP contribution in [0.4, 0.5) is 5.69 Å². The molecule has 3 N–H and O–H groups in total. The Morgan fingerprint density at radius 1 is 0.960 bits per heavy atom. The second kappa shape index (κ2) is 8.06. The summed E-state index contributed by atoms with van der Waals surface area (Å²) in [6.45, 7) is 0.436. The zero-order valence-electron chi connectivity index (χ0n) is 14.5. The largest absolute Gasteiger partial charge is 0.473 e. The van der Waals surface area contributed by atoms with Gasteiger partial charge in [0, 0.05) is 11.4 Å². The molecule has 8 nitrogen and oxygen atoms in total. The summed E-state index contributed by atoms with van der Waals surface area (Å²) >= 11 is 0. The number of aryl methyl sites for hydroxylation is 2. The molecule has 1 aromatic rings. The number of likely N-dealkylation sites (N-methyl/N-ethyl adjacent to an activating group) is 1. The summed E-state index contributed by atoms with van der Waals surface area (Å²) in [6, 6.07) is 0. The Hall–Kier alpha value is -2.48. The van der Waals surface area contributed by atoms with E-state index in [9.17, 15) is 4.79 Å². The van der Waals surface area contributed by atoms with E-state index in [1.807, 2.05) is 19.0 Å². The number of nitrogens with zero attached hydrogens (tertiary/aromatic N) is 2. The zero-order chi connectivity index (χ0) is 18.6. The highest BCUT2D eigenvalue weighted by Crippen LogP contribution is 2.36. The summed E-state index contributed by atoms with van der Waals surface area (Å²) in [7, 11) is 3.84. The van der Waals surface area contributed by atoms with Crippen LogP contribution in [0.1, 0.15) is 35.4 Å². The van der Waals surface area contributed by atoms with Gasteiger partial charge < -0.3 is 20.4 Å². The van der Waals surface area contributed by atoms with Gasteiger partial charge in [-0.15, -0.1) is 0 Å². The SMILES string of the molecule is CN(C)CC(=O)Nc1c2c(nc3c1CCC3)CCC2.O=C(O)C(=O)O. The molecule has 0 aromatic carbocycles. The topological polar surface area (TPSA) is 120 Å². The first-order valence-electron chi connectivity index (χ1n) is 8.24. The highest BCUT2D eigenvalue weighted by atomic mass is 16.4. The van der Waals surface area contributed by atoms with Crippen molar-refractivity contribution in [2.24, 2.45) is 0 Å². The highest BCUT2D eigenvalue weighted by Gasteiger charge is 2.26. The average molecular weight is 349 g/mol. The van der Waals surface area contributed by atoms with E-state index in [2.05, 4.69) is 5.32 Å². The molecule has 0 fully saturated rings. The molecular formula is C17H23N3O5. The third-order valence-electron chi connectivity index (χ3n) is 4.16. The molecule has 3 rings (SSSR count). The van der Waals surface area contributed by atoms with Crippen LogP contribution in [-0.4, -0.2) is 58.6 Å². The lowest BCUT2D eigenvalue weighted by molar-refractivity contribution is -0.159. The van der Waals surface area contributed by atoms with Crippen LogP contribution >= 0.6 is 0 Å². The van der Waals surface area contributed by atoms with Crippen LogP contribution in [0.5, 0.6) is 0 Å². The van der Waals surface area contributed by atoms with Gasteiger partial charge in [-0.25, -0.2) is 9.59 Å². The molecule has 136 valence electrons. The molecule has 0 bridgehead atoms. The molecule has 1 aromatic heterocycles. The maximum atomic E-state index is 12.0. The number of rotatable bonds is 3. The van der Waals surface area contributed by atoms with Crippen LogP contribution in [0.25, 0.3) is 0 Å². The number of carboxylic acid groups (broad SMARTS) is 2. The van der Waals surface area contributed by atoms with E-state index in [0.29, 0.717) is 6.54 Å². The second-order valence-electron chi connectivity index (χ2n) is 6.44. The fourth-order valence-electron chi connectivity index (χ4n) is 3.20. The molecule has 1 heterocycles. The van der Waals surface area contributed by atoms with Gasteiger partial charge in [0.15, 0.2) is 0 Å². The summed E-state index contributed by atoms with van der Waals surface area (Å²) < 4.78 is 0. The number of carbonyl (C=O) groups excluding carboxylic acids is 1. The Morgan fingerprint density at radius 2 is 1.44 bits per heavy atom. The van der Waals surface area contributed by atoms with Crippen LogP contribution in [0.2, 0.25) is 0 Å². The van der Waals surface area contributed by atoms with Gasteiger partial charge in [-0.1, -0.05) is 0 Å². The second-order valence-corrected chi connectivity index (χ2v) is 6.44. The van der Waals surface area contributed by atoms with Crippen molar-refractivity contribution in [1.29, 1.82) is 0 Å². The third kappa shape index (κ3) is 4.76. The zero-order valence-corrected chi connectivity index (χ0v) is 14.5. The van der Waals surface area contributed by atoms with Crippen LogP contribution in [-0.2, 0) is 40.1 Å². The Labute approximate surface area is 145 Å². The summed E-state index contributed by atoms with van der Waals surface area (Å²) in [5.41, 5.74) is 6.14. The number of anilines is 1. The van der Waals surface area contributed by atoms with Crippen molar-refractivity contribution in [2.75, 3.05) is 26.0 Å². The van der Waals surface area contributed by atoms with Crippen molar-refractivity contribution in [3.05, 3.63) is 22.5 Å². The van der Waals surface area contributed by atoms with Gasteiger partial charge in [0.25, 0.3) is 0 Å². The van der Waals surface area contributed by atoms with Gasteiger partial charge >= 0.3 is 11.9 Å². The van der Waals surface area contributed by atoms with Crippen molar-refractivity contribution in [3.8, 4) is 0 Å². The molecule has 0 atom stereocenters. The van der Waals surface area contributed by atoms with E-state index in [0.717, 1.165) is 31.4 Å². The quantitative estimate of drug-likeness (QED) is 0.688. The molecule has 2 aliphatic carbocycles. The summed E-state index contributed by atoms with van der Waals surface area (Å²) in [4.78, 5) is 36.9. The number of carboxylic acids is 2.